The largest absolute Gasteiger partial charge is 0.499 e. The van der Waals surface area contributed by atoms with Crippen molar-refractivity contribution in [3.05, 3.63) is 0 Å². The van der Waals surface area contributed by atoms with Crippen LogP contribution in [0.15, 0.2) is 4.99 Å². The van der Waals surface area contributed by atoms with Gasteiger partial charge in [0.1, 0.15) is 0 Å². The third kappa shape index (κ3) is 5.11. The fourth-order valence-corrected chi connectivity index (χ4v) is 2.84. The molecular formula is C8H19NO3SSi. The molecule has 84 valence electrons. The fraction of sp³-hybridized carbons (Fsp3) is 0.875. The quantitative estimate of drug-likeness (QED) is 0.697. The van der Waals surface area contributed by atoms with Gasteiger partial charge in [-0.3, -0.25) is 4.99 Å². The summed E-state index contributed by atoms with van der Waals surface area (Å²) in [5.41, 5.74) is 1.90. The first-order chi connectivity index (χ1) is 6.74. The van der Waals surface area contributed by atoms with Crippen molar-refractivity contribution < 1.29 is 13.3 Å². The molecule has 0 fully saturated rings. The maximum Gasteiger partial charge on any atom is 0.499 e. The van der Waals surface area contributed by atoms with Gasteiger partial charge in [0.25, 0.3) is 0 Å². The predicted octanol–water partition coefficient (Wildman–Crippen LogP) is 1.65. The molecule has 0 amide bonds. The minimum absolute atomic E-state index is 0.816. The number of thioether (sulfide) groups is 1. The van der Waals surface area contributed by atoms with E-state index >= 15 is 0 Å². The van der Waals surface area contributed by atoms with Gasteiger partial charge in [0, 0.05) is 39.7 Å². The number of nitrogens with zero attached hydrogens (tertiary/aromatic N) is 1. The molecule has 0 aromatic rings. The van der Waals surface area contributed by atoms with Crippen molar-refractivity contribution in [2.24, 2.45) is 4.99 Å². The number of hydrogen-bond donors (Lipinski definition) is 0. The average Bonchev–Trinajstić information content (AvgIpc) is 2.80. The van der Waals surface area contributed by atoms with E-state index in [0.29, 0.717) is 0 Å². The molecule has 0 unspecified atom stereocenters. The molecule has 4 nitrogen and oxygen atoms in total. The van der Waals surface area contributed by atoms with Gasteiger partial charge in [0.05, 0.1) is 5.55 Å². The molecule has 6 heteroatoms. The standard InChI is InChI=1S/C5H14O3Si.C3H5NS/c1-5-9(6-2,7-3)8-4;1-2-5-3-4-1/h5H2,1-4H3;3H,1-2H2. The van der Waals surface area contributed by atoms with Crippen molar-refractivity contribution in [1.29, 1.82) is 0 Å². The molecule has 0 atom stereocenters. The first kappa shape index (κ1) is 14.1. The molecule has 0 aromatic carbocycles. The lowest BCUT2D eigenvalue weighted by atomic mass is 10.8. The molecule has 14 heavy (non-hydrogen) atoms. The molecule has 1 heterocycles. The van der Waals surface area contributed by atoms with Crippen molar-refractivity contribution in [2.45, 2.75) is 13.0 Å². The van der Waals surface area contributed by atoms with Gasteiger partial charge in [-0.05, 0) is 0 Å². The summed E-state index contributed by atoms with van der Waals surface area (Å²) < 4.78 is 15.2. The van der Waals surface area contributed by atoms with Crippen LogP contribution in [-0.4, -0.2) is 48.0 Å². The Morgan fingerprint density at radius 1 is 1.29 bits per heavy atom. The van der Waals surface area contributed by atoms with Gasteiger partial charge in [-0.1, -0.05) is 6.92 Å². The van der Waals surface area contributed by atoms with E-state index < -0.39 is 8.80 Å². The highest BCUT2D eigenvalue weighted by Crippen LogP contribution is 2.10. The Kier molecular flexibility index (Phi) is 8.50. The SMILES string of the molecule is C1=NCCS1.CC[Si](OC)(OC)OC. The minimum atomic E-state index is -2.19. The Bertz CT molecular complexity index is 141. The fourth-order valence-electron chi connectivity index (χ4n) is 0.947. The Morgan fingerprint density at radius 2 is 1.86 bits per heavy atom. The lowest BCUT2D eigenvalue weighted by Crippen LogP contribution is -2.41. The molecule has 0 radical (unpaired) electrons. The molecule has 0 aliphatic carbocycles. The first-order valence-corrected chi connectivity index (χ1v) is 7.48. The van der Waals surface area contributed by atoms with Crippen LogP contribution in [0.25, 0.3) is 0 Å². The molecule has 0 N–H and O–H groups in total. The molecule has 1 aliphatic rings. The van der Waals surface area contributed by atoms with E-state index in [1.54, 1.807) is 33.1 Å². The van der Waals surface area contributed by atoms with Crippen molar-refractivity contribution in [1.82, 2.24) is 0 Å². The van der Waals surface area contributed by atoms with Crippen LogP contribution in [0.5, 0.6) is 0 Å². The Labute approximate surface area is 91.4 Å². The van der Waals surface area contributed by atoms with Gasteiger partial charge in [-0.25, -0.2) is 0 Å². The molecule has 1 rings (SSSR count). The Morgan fingerprint density at radius 3 is 1.93 bits per heavy atom. The molecule has 0 saturated heterocycles. The lowest BCUT2D eigenvalue weighted by molar-refractivity contribution is 0.125. The minimum Gasteiger partial charge on any atom is -0.377 e. The van der Waals surface area contributed by atoms with Gasteiger partial charge in [-0.15, -0.1) is 11.8 Å². The van der Waals surface area contributed by atoms with Crippen LogP contribution in [0.2, 0.25) is 6.04 Å². The van der Waals surface area contributed by atoms with E-state index in [0.717, 1.165) is 12.6 Å². The third-order valence-corrected chi connectivity index (χ3v) is 5.30. The van der Waals surface area contributed by atoms with Crippen LogP contribution in [0, 0.1) is 0 Å². The third-order valence-electron chi connectivity index (χ3n) is 1.85. The number of rotatable bonds is 4. The van der Waals surface area contributed by atoms with E-state index in [-0.39, 0.29) is 0 Å². The van der Waals surface area contributed by atoms with Crippen molar-refractivity contribution in [3.63, 3.8) is 0 Å². The average molecular weight is 237 g/mol. The summed E-state index contributed by atoms with van der Waals surface area (Å²) in [7, 11) is 2.65. The van der Waals surface area contributed by atoms with E-state index in [9.17, 15) is 0 Å². The normalized spacial score (nSPS) is 15.1. The van der Waals surface area contributed by atoms with Crippen molar-refractivity contribution in [3.8, 4) is 0 Å². The Balaban J connectivity index is 0.000000280. The number of hydrogen-bond acceptors (Lipinski definition) is 5. The van der Waals surface area contributed by atoms with Crippen molar-refractivity contribution in [2.75, 3.05) is 33.6 Å². The number of aliphatic imine (C=N–C) groups is 1. The second-order valence-corrected chi connectivity index (χ2v) is 6.78. The van der Waals surface area contributed by atoms with E-state index in [4.69, 9.17) is 13.3 Å². The lowest BCUT2D eigenvalue weighted by Gasteiger charge is -2.22. The molecular weight excluding hydrogens is 218 g/mol. The zero-order valence-corrected chi connectivity index (χ0v) is 11.1. The Hall–Kier alpha value is 0.117. The predicted molar refractivity (Wildman–Crippen MR) is 63.1 cm³/mol. The van der Waals surface area contributed by atoms with Crippen molar-refractivity contribution >= 4 is 26.1 Å². The van der Waals surface area contributed by atoms with E-state index in [1.165, 1.54) is 5.75 Å². The summed E-state index contributed by atoms with van der Waals surface area (Å²) in [4.78, 5) is 3.92. The smallest absolute Gasteiger partial charge is 0.377 e. The molecule has 0 aromatic heterocycles. The maximum atomic E-state index is 5.08. The van der Waals surface area contributed by atoms with Gasteiger partial charge < -0.3 is 13.3 Å². The van der Waals surface area contributed by atoms with Gasteiger partial charge >= 0.3 is 8.80 Å². The van der Waals surface area contributed by atoms with Crippen LogP contribution >= 0.6 is 11.8 Å². The van der Waals surface area contributed by atoms with Gasteiger partial charge in [0.2, 0.25) is 0 Å². The summed E-state index contributed by atoms with van der Waals surface area (Å²) in [5, 5.41) is 0. The van der Waals surface area contributed by atoms with Crippen LogP contribution < -0.4 is 0 Å². The highest BCUT2D eigenvalue weighted by atomic mass is 32.2. The summed E-state index contributed by atoms with van der Waals surface area (Å²) in [6.45, 7) is 3.02. The topological polar surface area (TPSA) is 40.0 Å². The molecule has 0 saturated carbocycles. The molecule has 1 aliphatic heterocycles. The highest BCUT2D eigenvalue weighted by molar-refractivity contribution is 8.12. The first-order valence-electron chi connectivity index (χ1n) is 4.50. The highest BCUT2D eigenvalue weighted by Gasteiger charge is 2.34. The molecule has 0 bridgehead atoms. The van der Waals surface area contributed by atoms with Crippen LogP contribution in [0.3, 0.4) is 0 Å². The second-order valence-electron chi connectivity index (χ2n) is 2.53. The summed E-state index contributed by atoms with van der Waals surface area (Å²) in [5.74, 6) is 1.19. The van der Waals surface area contributed by atoms with E-state index in [1.807, 2.05) is 12.5 Å². The maximum absolute atomic E-state index is 5.08. The summed E-state index contributed by atoms with van der Waals surface area (Å²) in [6.07, 6.45) is 0. The van der Waals surface area contributed by atoms with Crippen LogP contribution in [0.4, 0.5) is 0 Å². The monoisotopic (exact) mass is 237 g/mol. The zero-order chi connectivity index (χ0) is 10.9. The molecule has 0 spiro atoms. The van der Waals surface area contributed by atoms with Crippen LogP contribution in [-0.2, 0) is 13.3 Å². The summed E-state index contributed by atoms with van der Waals surface area (Å²) >= 11 is 1.78. The van der Waals surface area contributed by atoms with Gasteiger partial charge in [-0.2, -0.15) is 0 Å². The van der Waals surface area contributed by atoms with E-state index in [2.05, 4.69) is 4.99 Å². The summed E-state index contributed by atoms with van der Waals surface area (Å²) in [6, 6.07) is 0.816. The zero-order valence-electron chi connectivity index (χ0n) is 9.28. The van der Waals surface area contributed by atoms with Gasteiger partial charge in [0.15, 0.2) is 0 Å². The van der Waals surface area contributed by atoms with Crippen LogP contribution in [0.1, 0.15) is 6.92 Å². The second kappa shape index (κ2) is 8.43.